The highest BCUT2D eigenvalue weighted by Crippen LogP contribution is 2.50. The summed E-state index contributed by atoms with van der Waals surface area (Å²) in [5.41, 5.74) is 2.51. The molecule has 0 saturated carbocycles. The maximum Gasteiger partial charge on any atom is 0.346 e. The summed E-state index contributed by atoms with van der Waals surface area (Å²) in [7, 11) is 3.09. The van der Waals surface area contributed by atoms with Crippen LogP contribution in [0, 0.1) is 12.3 Å². The van der Waals surface area contributed by atoms with Crippen molar-refractivity contribution in [3.05, 3.63) is 57.8 Å². The minimum atomic E-state index is -1.05. The lowest BCUT2D eigenvalue weighted by atomic mass is 9.88. The zero-order chi connectivity index (χ0) is 23.5. The number of carboxylic acid groups (broad SMARTS) is 1. The van der Waals surface area contributed by atoms with E-state index in [1.54, 1.807) is 43.5 Å². The SMILES string of the molecule is C#CCOc1ccc([C@H]2CC(=O)Nc3c2sc(C(=O)O)c3-c2ccc(OC)cc2)cc1OC. The van der Waals surface area contributed by atoms with Crippen LogP contribution in [0.4, 0.5) is 5.69 Å². The van der Waals surface area contributed by atoms with Crippen molar-refractivity contribution in [1.82, 2.24) is 0 Å². The molecule has 1 aromatic heterocycles. The van der Waals surface area contributed by atoms with Crippen LogP contribution in [0.1, 0.15) is 32.5 Å². The molecule has 7 nitrogen and oxygen atoms in total. The lowest BCUT2D eigenvalue weighted by Crippen LogP contribution is -2.22. The molecule has 0 spiro atoms. The van der Waals surface area contributed by atoms with Gasteiger partial charge in [-0.1, -0.05) is 24.1 Å². The molecular weight excluding hydrogens is 442 g/mol. The molecule has 0 unspecified atom stereocenters. The van der Waals surface area contributed by atoms with E-state index in [0.717, 1.165) is 10.4 Å². The number of hydrogen-bond acceptors (Lipinski definition) is 6. The van der Waals surface area contributed by atoms with Crippen molar-refractivity contribution in [2.24, 2.45) is 0 Å². The number of terminal acetylenes is 1. The Kier molecular flexibility index (Phi) is 6.24. The molecule has 2 N–H and O–H groups in total. The summed E-state index contributed by atoms with van der Waals surface area (Å²) in [4.78, 5) is 25.8. The number of thiophene rings is 1. The second-order valence-electron chi connectivity index (χ2n) is 7.29. The summed E-state index contributed by atoms with van der Waals surface area (Å²) in [5.74, 6) is 2.47. The zero-order valence-corrected chi connectivity index (χ0v) is 18.8. The topological polar surface area (TPSA) is 94.1 Å². The summed E-state index contributed by atoms with van der Waals surface area (Å²) in [6.45, 7) is 0.101. The van der Waals surface area contributed by atoms with Crippen LogP contribution in [0.3, 0.4) is 0 Å². The van der Waals surface area contributed by atoms with Gasteiger partial charge in [-0.05, 0) is 35.4 Å². The van der Waals surface area contributed by atoms with Crippen LogP contribution in [0.25, 0.3) is 11.1 Å². The van der Waals surface area contributed by atoms with Crippen LogP contribution in [0.15, 0.2) is 42.5 Å². The number of carbonyl (C=O) groups is 2. The molecule has 33 heavy (non-hydrogen) atoms. The normalized spacial score (nSPS) is 14.6. The molecule has 8 heteroatoms. The lowest BCUT2D eigenvalue weighted by molar-refractivity contribution is -0.116. The van der Waals surface area contributed by atoms with E-state index in [9.17, 15) is 14.7 Å². The van der Waals surface area contributed by atoms with Gasteiger partial charge in [-0.2, -0.15) is 0 Å². The Bertz CT molecular complexity index is 1260. The van der Waals surface area contributed by atoms with Gasteiger partial charge in [0.25, 0.3) is 0 Å². The molecule has 2 heterocycles. The summed E-state index contributed by atoms with van der Waals surface area (Å²) in [6, 6.07) is 12.5. The van der Waals surface area contributed by atoms with E-state index in [1.165, 1.54) is 18.4 Å². The quantitative estimate of drug-likeness (QED) is 0.497. The number of amides is 1. The molecule has 1 amide bonds. The molecule has 0 saturated heterocycles. The highest BCUT2D eigenvalue weighted by atomic mass is 32.1. The average molecular weight is 464 g/mol. The first kappa shape index (κ1) is 22.2. The first-order chi connectivity index (χ1) is 16.0. The zero-order valence-electron chi connectivity index (χ0n) is 18.0. The molecule has 0 bridgehead atoms. The first-order valence-electron chi connectivity index (χ1n) is 10.0. The van der Waals surface area contributed by atoms with Crippen molar-refractivity contribution >= 4 is 28.9 Å². The number of carboxylic acids is 1. The second kappa shape index (κ2) is 9.27. The smallest absolute Gasteiger partial charge is 0.346 e. The molecule has 1 aliphatic heterocycles. The minimum absolute atomic E-state index is 0.101. The fourth-order valence-electron chi connectivity index (χ4n) is 3.88. The van der Waals surface area contributed by atoms with Crippen molar-refractivity contribution < 1.29 is 28.9 Å². The molecule has 0 aliphatic carbocycles. The van der Waals surface area contributed by atoms with Crippen molar-refractivity contribution in [3.63, 3.8) is 0 Å². The van der Waals surface area contributed by atoms with Crippen molar-refractivity contribution in [2.45, 2.75) is 12.3 Å². The van der Waals surface area contributed by atoms with E-state index < -0.39 is 5.97 Å². The number of aromatic carboxylic acids is 1. The Balaban J connectivity index is 1.83. The Hall–Kier alpha value is -3.96. The third-order valence-corrected chi connectivity index (χ3v) is 6.67. The van der Waals surface area contributed by atoms with Crippen molar-refractivity contribution in [2.75, 3.05) is 26.1 Å². The molecule has 3 aromatic rings. The van der Waals surface area contributed by atoms with E-state index in [-0.39, 0.29) is 29.7 Å². The van der Waals surface area contributed by atoms with Crippen LogP contribution in [0.5, 0.6) is 17.2 Å². The Morgan fingerprint density at radius 1 is 1.18 bits per heavy atom. The van der Waals surface area contributed by atoms with Crippen molar-refractivity contribution in [3.8, 4) is 40.7 Å². The number of anilines is 1. The number of ether oxygens (including phenoxy) is 3. The molecular formula is C25H21NO6S. The van der Waals surface area contributed by atoms with Gasteiger partial charge in [0.15, 0.2) is 11.5 Å². The first-order valence-corrected chi connectivity index (χ1v) is 10.9. The van der Waals surface area contributed by atoms with Gasteiger partial charge in [-0.15, -0.1) is 17.8 Å². The third kappa shape index (κ3) is 4.23. The highest BCUT2D eigenvalue weighted by Gasteiger charge is 2.34. The summed E-state index contributed by atoms with van der Waals surface area (Å²) >= 11 is 1.17. The van der Waals surface area contributed by atoms with Gasteiger partial charge in [0.05, 0.1) is 19.9 Å². The van der Waals surface area contributed by atoms with E-state index >= 15 is 0 Å². The predicted octanol–water partition coefficient (Wildman–Crippen LogP) is 4.62. The van der Waals surface area contributed by atoms with Gasteiger partial charge in [-0.25, -0.2) is 4.79 Å². The number of carbonyl (C=O) groups excluding carboxylic acids is 1. The van der Waals surface area contributed by atoms with Gasteiger partial charge in [0, 0.05) is 22.8 Å². The Labute approximate surface area is 194 Å². The van der Waals surface area contributed by atoms with E-state index in [2.05, 4.69) is 11.2 Å². The van der Waals surface area contributed by atoms with Gasteiger partial charge in [-0.3, -0.25) is 4.79 Å². The molecule has 0 radical (unpaired) electrons. The lowest BCUT2D eigenvalue weighted by Gasteiger charge is -2.24. The molecule has 0 fully saturated rings. The van der Waals surface area contributed by atoms with Gasteiger partial charge >= 0.3 is 5.97 Å². The van der Waals surface area contributed by atoms with Gasteiger partial charge in [0.2, 0.25) is 5.91 Å². The van der Waals surface area contributed by atoms with Crippen LogP contribution in [-0.2, 0) is 4.79 Å². The Morgan fingerprint density at radius 3 is 2.58 bits per heavy atom. The number of benzene rings is 2. The standard InChI is InChI=1S/C25H21NO6S/c1-4-11-32-18-10-7-15(12-19(18)31-3)17-13-20(27)26-22-21(24(25(28)29)33-23(17)22)14-5-8-16(30-2)9-6-14/h1,5-10,12,17H,11,13H2,2-3H3,(H,26,27)(H,28,29)/t17-/m1/s1. The van der Waals surface area contributed by atoms with E-state index in [1.807, 2.05) is 6.07 Å². The van der Waals surface area contributed by atoms with E-state index in [4.69, 9.17) is 20.6 Å². The molecule has 1 atom stereocenters. The van der Waals surface area contributed by atoms with Crippen LogP contribution >= 0.6 is 11.3 Å². The summed E-state index contributed by atoms with van der Waals surface area (Å²) in [6.07, 6.45) is 5.46. The number of rotatable bonds is 7. The number of methoxy groups -OCH3 is 2. The molecule has 2 aromatic carbocycles. The fourth-order valence-corrected chi connectivity index (χ4v) is 5.13. The maximum atomic E-state index is 12.7. The maximum absolute atomic E-state index is 12.7. The fraction of sp³-hybridized carbons (Fsp3) is 0.200. The molecule has 1 aliphatic rings. The molecule has 168 valence electrons. The largest absolute Gasteiger partial charge is 0.497 e. The van der Waals surface area contributed by atoms with Gasteiger partial charge in [0.1, 0.15) is 17.2 Å². The van der Waals surface area contributed by atoms with Crippen molar-refractivity contribution in [1.29, 1.82) is 0 Å². The van der Waals surface area contributed by atoms with Crippen LogP contribution in [0.2, 0.25) is 0 Å². The van der Waals surface area contributed by atoms with Gasteiger partial charge < -0.3 is 24.6 Å². The minimum Gasteiger partial charge on any atom is -0.497 e. The second-order valence-corrected chi connectivity index (χ2v) is 8.34. The Morgan fingerprint density at radius 2 is 1.94 bits per heavy atom. The van der Waals surface area contributed by atoms with Crippen LogP contribution in [-0.4, -0.2) is 37.8 Å². The van der Waals surface area contributed by atoms with E-state index in [0.29, 0.717) is 34.1 Å². The number of fused-ring (bicyclic) bond motifs is 1. The average Bonchev–Trinajstić information content (AvgIpc) is 3.21. The highest BCUT2D eigenvalue weighted by molar-refractivity contribution is 7.15. The van der Waals surface area contributed by atoms with Crippen LogP contribution < -0.4 is 19.5 Å². The molecule has 4 rings (SSSR count). The number of nitrogens with one attached hydrogen (secondary N) is 1. The number of hydrogen-bond donors (Lipinski definition) is 2. The monoisotopic (exact) mass is 463 g/mol. The summed E-state index contributed by atoms with van der Waals surface area (Å²) < 4.78 is 16.2. The predicted molar refractivity (Wildman–Crippen MR) is 126 cm³/mol. The third-order valence-electron chi connectivity index (χ3n) is 5.38. The summed E-state index contributed by atoms with van der Waals surface area (Å²) in [5, 5.41) is 12.8.